The van der Waals surface area contributed by atoms with Gasteiger partial charge < -0.3 is 9.15 Å². The van der Waals surface area contributed by atoms with Crippen molar-refractivity contribution in [1.29, 1.82) is 0 Å². The molecule has 0 aliphatic rings. The summed E-state index contributed by atoms with van der Waals surface area (Å²) in [6, 6.07) is 10.7. The Morgan fingerprint density at radius 3 is 2.70 bits per heavy atom. The second-order valence-electron chi connectivity index (χ2n) is 4.13. The molecule has 0 spiro atoms. The Bertz CT molecular complexity index is 556. The van der Waals surface area contributed by atoms with Gasteiger partial charge in [0.25, 0.3) is 0 Å². The Hall–Kier alpha value is -1.81. The first-order valence-electron chi connectivity index (χ1n) is 6.34. The number of benzene rings is 1. The van der Waals surface area contributed by atoms with Gasteiger partial charge in [0.1, 0.15) is 11.5 Å². The smallest absolute Gasteiger partial charge is 0.185 e. The quantitative estimate of drug-likeness (QED) is 0.327. The molecule has 3 nitrogen and oxygen atoms in total. The van der Waals surface area contributed by atoms with Crippen molar-refractivity contribution in [3.05, 3.63) is 60.1 Å². The maximum atomic E-state index is 11.9. The fraction of sp³-hybridized carbons (Fsp3) is 0.188. The molecule has 4 heteroatoms. The Morgan fingerprint density at radius 1 is 1.25 bits per heavy atom. The van der Waals surface area contributed by atoms with E-state index in [1.807, 2.05) is 12.1 Å². The van der Waals surface area contributed by atoms with Crippen LogP contribution in [0.5, 0.6) is 5.75 Å². The molecule has 0 aliphatic carbocycles. The molecule has 2 aromatic rings. The average molecular weight is 335 g/mol. The maximum Gasteiger partial charge on any atom is 0.185 e. The van der Waals surface area contributed by atoms with Crippen LogP contribution in [0.4, 0.5) is 0 Å². The zero-order valence-corrected chi connectivity index (χ0v) is 12.5. The van der Waals surface area contributed by atoms with Crippen LogP contribution in [0.2, 0.25) is 0 Å². The number of hydrogen-bond donors (Lipinski definition) is 0. The lowest BCUT2D eigenvalue weighted by atomic mass is 10.1. The van der Waals surface area contributed by atoms with Crippen molar-refractivity contribution in [3.8, 4) is 5.75 Å². The molecule has 1 heterocycles. The third kappa shape index (κ3) is 4.38. The van der Waals surface area contributed by atoms with E-state index in [-0.39, 0.29) is 5.78 Å². The van der Waals surface area contributed by atoms with Crippen LogP contribution in [0.25, 0.3) is 6.08 Å². The minimum atomic E-state index is -0.0617. The summed E-state index contributed by atoms with van der Waals surface area (Å²) in [5.74, 6) is 1.37. The molecule has 20 heavy (non-hydrogen) atoms. The van der Waals surface area contributed by atoms with Crippen LogP contribution in [-0.4, -0.2) is 17.7 Å². The number of alkyl halides is 1. The highest BCUT2D eigenvalue weighted by Crippen LogP contribution is 2.14. The fourth-order valence-electron chi connectivity index (χ4n) is 1.60. The number of hydrogen-bond acceptors (Lipinski definition) is 3. The summed E-state index contributed by atoms with van der Waals surface area (Å²) in [6.45, 7) is 0.664. The second-order valence-corrected chi connectivity index (χ2v) is 4.92. The van der Waals surface area contributed by atoms with Crippen LogP contribution < -0.4 is 4.74 Å². The summed E-state index contributed by atoms with van der Waals surface area (Å²) >= 11 is 3.35. The summed E-state index contributed by atoms with van der Waals surface area (Å²) in [4.78, 5) is 11.9. The summed E-state index contributed by atoms with van der Waals surface area (Å²) in [7, 11) is 0. The lowest BCUT2D eigenvalue weighted by molar-refractivity contribution is 0.104. The van der Waals surface area contributed by atoms with E-state index in [9.17, 15) is 4.79 Å². The molecule has 0 atom stereocenters. The Labute approximate surface area is 126 Å². The van der Waals surface area contributed by atoms with E-state index >= 15 is 0 Å². The van der Waals surface area contributed by atoms with E-state index < -0.39 is 0 Å². The van der Waals surface area contributed by atoms with Gasteiger partial charge in [-0.3, -0.25) is 4.79 Å². The highest BCUT2D eigenvalue weighted by Gasteiger charge is 2.02. The monoisotopic (exact) mass is 334 g/mol. The first-order valence-corrected chi connectivity index (χ1v) is 7.46. The van der Waals surface area contributed by atoms with Gasteiger partial charge in [-0.05, 0) is 55.0 Å². The van der Waals surface area contributed by atoms with Crippen LogP contribution in [0.15, 0.2) is 53.2 Å². The number of carbonyl (C=O) groups excluding carboxylic acids is 1. The molecule has 0 fully saturated rings. The first-order chi connectivity index (χ1) is 9.79. The summed E-state index contributed by atoms with van der Waals surface area (Å²) in [5, 5.41) is 0.918. The van der Waals surface area contributed by atoms with Crippen molar-refractivity contribution in [2.24, 2.45) is 0 Å². The van der Waals surface area contributed by atoms with Crippen molar-refractivity contribution in [3.63, 3.8) is 0 Å². The van der Waals surface area contributed by atoms with Crippen molar-refractivity contribution in [1.82, 2.24) is 0 Å². The number of halogens is 1. The number of rotatable bonds is 7. The third-order valence-corrected chi connectivity index (χ3v) is 3.19. The van der Waals surface area contributed by atoms with Crippen LogP contribution in [0.3, 0.4) is 0 Å². The number of allylic oxidation sites excluding steroid dienone is 1. The molecule has 1 aromatic carbocycles. The van der Waals surface area contributed by atoms with Gasteiger partial charge in [0.05, 0.1) is 12.9 Å². The molecule has 104 valence electrons. The number of furan rings is 1. The lowest BCUT2D eigenvalue weighted by Gasteiger charge is -2.05. The Kier molecular flexibility index (Phi) is 5.62. The van der Waals surface area contributed by atoms with Gasteiger partial charge in [0.15, 0.2) is 5.78 Å². The molecular weight excluding hydrogens is 320 g/mol. The van der Waals surface area contributed by atoms with Crippen LogP contribution >= 0.6 is 15.9 Å². The van der Waals surface area contributed by atoms with Gasteiger partial charge in [-0.2, -0.15) is 0 Å². The molecule has 0 aliphatic heterocycles. The SMILES string of the molecule is O=C(/C=C/c1ccco1)c1ccc(OCCCBr)cc1. The molecule has 1 aromatic heterocycles. The van der Waals surface area contributed by atoms with E-state index in [0.717, 1.165) is 17.5 Å². The van der Waals surface area contributed by atoms with E-state index in [2.05, 4.69) is 15.9 Å². The molecule has 0 N–H and O–H groups in total. The van der Waals surface area contributed by atoms with Crippen molar-refractivity contribution in [2.75, 3.05) is 11.9 Å². The van der Waals surface area contributed by atoms with Crippen LogP contribution in [0.1, 0.15) is 22.5 Å². The van der Waals surface area contributed by atoms with Gasteiger partial charge in [-0.1, -0.05) is 15.9 Å². The van der Waals surface area contributed by atoms with Crippen LogP contribution in [-0.2, 0) is 0 Å². The van der Waals surface area contributed by atoms with E-state index in [1.165, 1.54) is 6.08 Å². The van der Waals surface area contributed by atoms with Gasteiger partial charge in [-0.25, -0.2) is 0 Å². The summed E-state index contributed by atoms with van der Waals surface area (Å²) in [5.41, 5.74) is 0.626. The zero-order valence-electron chi connectivity index (χ0n) is 10.9. The Morgan fingerprint density at radius 2 is 2.05 bits per heavy atom. The normalized spacial score (nSPS) is 10.8. The zero-order chi connectivity index (χ0) is 14.2. The summed E-state index contributed by atoms with van der Waals surface area (Å²) in [6.07, 6.45) is 5.68. The van der Waals surface area contributed by atoms with E-state index in [1.54, 1.807) is 36.6 Å². The van der Waals surface area contributed by atoms with Gasteiger partial charge in [-0.15, -0.1) is 0 Å². The number of ketones is 1. The minimum absolute atomic E-state index is 0.0617. The predicted octanol–water partition coefficient (Wildman–Crippen LogP) is 4.34. The van der Waals surface area contributed by atoms with Crippen LogP contribution in [0, 0.1) is 0 Å². The topological polar surface area (TPSA) is 39.4 Å². The molecule has 0 saturated heterocycles. The molecule has 0 amide bonds. The maximum absolute atomic E-state index is 11.9. The third-order valence-electron chi connectivity index (χ3n) is 2.63. The fourth-order valence-corrected chi connectivity index (χ4v) is 1.83. The van der Waals surface area contributed by atoms with Gasteiger partial charge in [0.2, 0.25) is 0 Å². The standard InChI is InChI=1S/C16H15BrO3/c17-10-2-12-20-15-6-4-13(5-7-15)16(18)9-8-14-3-1-11-19-14/h1,3-9,11H,2,10,12H2/b9-8+. The summed E-state index contributed by atoms with van der Waals surface area (Å²) < 4.78 is 10.7. The largest absolute Gasteiger partial charge is 0.494 e. The number of carbonyl (C=O) groups is 1. The van der Waals surface area contributed by atoms with E-state index in [4.69, 9.17) is 9.15 Å². The highest BCUT2D eigenvalue weighted by molar-refractivity contribution is 9.09. The van der Waals surface area contributed by atoms with Crippen molar-refractivity contribution < 1.29 is 13.9 Å². The van der Waals surface area contributed by atoms with Gasteiger partial charge in [0, 0.05) is 10.9 Å². The molecule has 0 unspecified atom stereocenters. The Balaban J connectivity index is 1.93. The second kappa shape index (κ2) is 7.70. The molecule has 2 rings (SSSR count). The van der Waals surface area contributed by atoms with Gasteiger partial charge >= 0.3 is 0 Å². The van der Waals surface area contributed by atoms with Crippen molar-refractivity contribution in [2.45, 2.75) is 6.42 Å². The molecular formula is C16H15BrO3. The van der Waals surface area contributed by atoms with Crippen molar-refractivity contribution >= 4 is 27.8 Å². The number of ether oxygens (including phenoxy) is 1. The highest BCUT2D eigenvalue weighted by atomic mass is 79.9. The first kappa shape index (κ1) is 14.6. The van der Waals surface area contributed by atoms with E-state index in [0.29, 0.717) is 17.9 Å². The minimum Gasteiger partial charge on any atom is -0.494 e. The lowest BCUT2D eigenvalue weighted by Crippen LogP contribution is -1.99. The average Bonchev–Trinajstić information content (AvgIpc) is 2.99. The molecule has 0 radical (unpaired) electrons. The predicted molar refractivity (Wildman–Crippen MR) is 82.4 cm³/mol. The molecule has 0 saturated carbocycles. The molecule has 0 bridgehead atoms.